The highest BCUT2D eigenvalue weighted by atomic mass is 16.2. The maximum absolute atomic E-state index is 12.1. The maximum atomic E-state index is 12.1. The zero-order valence-corrected chi connectivity index (χ0v) is 9.38. The first-order valence-corrected chi connectivity index (χ1v) is 5.28. The van der Waals surface area contributed by atoms with Crippen molar-refractivity contribution in [2.24, 2.45) is 11.1 Å². The molecular weight excluding hydrogens is 194 g/mol. The lowest BCUT2D eigenvalue weighted by molar-refractivity contribution is -0.142. The molecule has 3 N–H and O–H groups in total. The molecule has 1 rings (SSSR count). The maximum Gasteiger partial charge on any atom is 0.237 e. The Morgan fingerprint density at radius 3 is 2.60 bits per heavy atom. The lowest BCUT2D eigenvalue weighted by Crippen LogP contribution is -2.46. The molecule has 86 valence electrons. The third-order valence-corrected chi connectivity index (χ3v) is 2.90. The highest BCUT2D eigenvalue weighted by Crippen LogP contribution is 2.26. The molecule has 2 amide bonds. The fraction of sp³-hybridized carbons (Fsp3) is 0.800. The second kappa shape index (κ2) is 4.61. The quantitative estimate of drug-likeness (QED) is 0.649. The van der Waals surface area contributed by atoms with Gasteiger partial charge in [0, 0.05) is 13.1 Å². The summed E-state index contributed by atoms with van der Waals surface area (Å²) in [5.74, 6) is -0.437. The molecule has 0 saturated carbocycles. The molecule has 5 heteroatoms. The predicted molar refractivity (Wildman–Crippen MR) is 57.0 cm³/mol. The zero-order valence-electron chi connectivity index (χ0n) is 9.38. The van der Waals surface area contributed by atoms with Crippen LogP contribution in [0.3, 0.4) is 0 Å². The van der Waals surface area contributed by atoms with Crippen molar-refractivity contribution >= 4 is 11.8 Å². The smallest absolute Gasteiger partial charge is 0.237 e. The average molecular weight is 213 g/mol. The van der Waals surface area contributed by atoms with Crippen LogP contribution in [0.4, 0.5) is 0 Å². The number of hydrogen-bond acceptors (Lipinski definition) is 3. The Hall–Kier alpha value is -1.10. The lowest BCUT2D eigenvalue weighted by Gasteiger charge is -2.29. The molecule has 0 aliphatic carbocycles. The van der Waals surface area contributed by atoms with Gasteiger partial charge in [0.05, 0.1) is 12.0 Å². The Balaban J connectivity index is 2.67. The summed E-state index contributed by atoms with van der Waals surface area (Å²) in [6.45, 7) is 5.87. The van der Waals surface area contributed by atoms with E-state index in [-0.39, 0.29) is 17.9 Å². The molecular formula is C10H19N3O2. The average Bonchev–Trinajstić information content (AvgIpc) is 2.61. The monoisotopic (exact) mass is 213 g/mol. The van der Waals surface area contributed by atoms with Gasteiger partial charge in [-0.25, -0.2) is 0 Å². The van der Waals surface area contributed by atoms with Crippen molar-refractivity contribution in [3.05, 3.63) is 0 Å². The van der Waals surface area contributed by atoms with Gasteiger partial charge in [0.25, 0.3) is 0 Å². The van der Waals surface area contributed by atoms with Crippen LogP contribution in [0, 0.1) is 5.41 Å². The van der Waals surface area contributed by atoms with Crippen LogP contribution in [-0.2, 0) is 9.59 Å². The summed E-state index contributed by atoms with van der Waals surface area (Å²) >= 11 is 0. The summed E-state index contributed by atoms with van der Waals surface area (Å²) in [6, 6.07) is 0. The zero-order chi connectivity index (χ0) is 11.5. The molecule has 1 atom stereocenters. The van der Waals surface area contributed by atoms with Gasteiger partial charge in [0.2, 0.25) is 11.8 Å². The number of amides is 2. The van der Waals surface area contributed by atoms with Gasteiger partial charge in [0.15, 0.2) is 0 Å². The van der Waals surface area contributed by atoms with Crippen molar-refractivity contribution in [1.82, 2.24) is 10.2 Å². The van der Waals surface area contributed by atoms with Gasteiger partial charge in [-0.15, -0.1) is 0 Å². The minimum atomic E-state index is -0.459. The van der Waals surface area contributed by atoms with Gasteiger partial charge in [0.1, 0.15) is 0 Å². The molecule has 0 radical (unpaired) electrons. The third-order valence-electron chi connectivity index (χ3n) is 2.90. The summed E-state index contributed by atoms with van der Waals surface area (Å²) in [7, 11) is 0. The molecule has 1 heterocycles. The van der Waals surface area contributed by atoms with Crippen molar-refractivity contribution in [3.8, 4) is 0 Å². The Kier molecular flexibility index (Phi) is 3.68. The lowest BCUT2D eigenvalue weighted by atomic mass is 9.88. The van der Waals surface area contributed by atoms with Crippen LogP contribution in [0.25, 0.3) is 0 Å². The molecule has 0 bridgehead atoms. The van der Waals surface area contributed by atoms with E-state index in [1.165, 1.54) is 4.90 Å². The third kappa shape index (κ3) is 2.68. The molecule has 1 saturated heterocycles. The highest BCUT2D eigenvalue weighted by Gasteiger charge is 2.38. The van der Waals surface area contributed by atoms with Gasteiger partial charge in [-0.1, -0.05) is 0 Å². The molecule has 5 nitrogen and oxygen atoms in total. The fourth-order valence-electron chi connectivity index (χ4n) is 1.90. The molecule has 1 aliphatic heterocycles. The van der Waals surface area contributed by atoms with E-state index in [0.717, 1.165) is 13.0 Å². The van der Waals surface area contributed by atoms with Crippen LogP contribution in [0.5, 0.6) is 0 Å². The van der Waals surface area contributed by atoms with Crippen LogP contribution < -0.4 is 11.1 Å². The van der Waals surface area contributed by atoms with Crippen molar-refractivity contribution in [1.29, 1.82) is 0 Å². The number of nitrogens with zero attached hydrogens (tertiary/aromatic N) is 1. The minimum Gasteiger partial charge on any atom is -0.368 e. The molecule has 0 aromatic carbocycles. The first kappa shape index (κ1) is 12.0. The van der Waals surface area contributed by atoms with Crippen molar-refractivity contribution in [3.63, 3.8) is 0 Å². The second-order valence-electron chi connectivity index (χ2n) is 4.27. The van der Waals surface area contributed by atoms with Crippen molar-refractivity contribution in [2.45, 2.75) is 20.3 Å². The van der Waals surface area contributed by atoms with E-state index in [0.29, 0.717) is 13.1 Å². The molecule has 15 heavy (non-hydrogen) atoms. The Labute approximate surface area is 90.0 Å². The molecule has 1 aliphatic rings. The van der Waals surface area contributed by atoms with Crippen molar-refractivity contribution < 1.29 is 9.59 Å². The number of hydrogen-bond donors (Lipinski definition) is 2. The highest BCUT2D eigenvalue weighted by molar-refractivity contribution is 5.87. The summed E-state index contributed by atoms with van der Waals surface area (Å²) in [6.07, 6.45) is 0.821. The van der Waals surface area contributed by atoms with Crippen LogP contribution in [0.2, 0.25) is 0 Å². The summed E-state index contributed by atoms with van der Waals surface area (Å²) in [4.78, 5) is 24.4. The van der Waals surface area contributed by atoms with E-state index in [4.69, 9.17) is 5.73 Å². The second-order valence-corrected chi connectivity index (χ2v) is 4.27. The van der Waals surface area contributed by atoms with Gasteiger partial charge in [-0.2, -0.15) is 0 Å². The molecule has 1 fully saturated rings. The van der Waals surface area contributed by atoms with Crippen LogP contribution in [-0.4, -0.2) is 42.9 Å². The fourth-order valence-corrected chi connectivity index (χ4v) is 1.90. The molecule has 0 aromatic heterocycles. The number of carbonyl (C=O) groups is 2. The largest absolute Gasteiger partial charge is 0.368 e. The number of primary amides is 1. The van der Waals surface area contributed by atoms with E-state index in [1.807, 2.05) is 13.8 Å². The SMILES string of the molecule is CCN(CC(N)=O)C(=O)C1(C)CCNC1. The van der Waals surface area contributed by atoms with E-state index >= 15 is 0 Å². The topological polar surface area (TPSA) is 75.4 Å². The molecule has 0 aromatic rings. The number of rotatable bonds is 4. The Bertz CT molecular complexity index is 259. The van der Waals surface area contributed by atoms with Crippen LogP contribution >= 0.6 is 0 Å². The van der Waals surface area contributed by atoms with E-state index in [1.54, 1.807) is 0 Å². The molecule has 0 spiro atoms. The number of nitrogens with one attached hydrogen (secondary N) is 1. The van der Waals surface area contributed by atoms with Gasteiger partial charge >= 0.3 is 0 Å². The Morgan fingerprint density at radius 2 is 2.20 bits per heavy atom. The van der Waals surface area contributed by atoms with E-state index in [2.05, 4.69) is 5.32 Å². The summed E-state index contributed by atoms with van der Waals surface area (Å²) in [5.41, 5.74) is 4.73. The molecule has 1 unspecified atom stereocenters. The van der Waals surface area contributed by atoms with Gasteiger partial charge in [-0.05, 0) is 26.8 Å². The van der Waals surface area contributed by atoms with E-state index < -0.39 is 5.91 Å². The number of carbonyl (C=O) groups excluding carboxylic acids is 2. The number of likely N-dealkylation sites (N-methyl/N-ethyl adjacent to an activating group) is 1. The standard InChI is InChI=1S/C10H19N3O2/c1-3-13(6-8(11)14)9(15)10(2)4-5-12-7-10/h12H,3-7H2,1-2H3,(H2,11,14). The van der Waals surface area contributed by atoms with Crippen molar-refractivity contribution in [2.75, 3.05) is 26.2 Å². The van der Waals surface area contributed by atoms with Crippen LogP contribution in [0.1, 0.15) is 20.3 Å². The Morgan fingerprint density at radius 1 is 1.53 bits per heavy atom. The normalized spacial score (nSPS) is 25.2. The first-order chi connectivity index (χ1) is 6.99. The van der Waals surface area contributed by atoms with Gasteiger partial charge < -0.3 is 16.0 Å². The first-order valence-electron chi connectivity index (χ1n) is 5.28. The summed E-state index contributed by atoms with van der Waals surface area (Å²) < 4.78 is 0. The van der Waals surface area contributed by atoms with E-state index in [9.17, 15) is 9.59 Å². The van der Waals surface area contributed by atoms with Crippen LogP contribution in [0.15, 0.2) is 0 Å². The number of nitrogens with two attached hydrogens (primary N) is 1. The minimum absolute atomic E-state index is 0.0188. The predicted octanol–water partition coefficient (Wildman–Crippen LogP) is -0.680. The summed E-state index contributed by atoms with van der Waals surface area (Å²) in [5, 5.41) is 3.16. The van der Waals surface area contributed by atoms with Gasteiger partial charge in [-0.3, -0.25) is 9.59 Å².